The molecular weight excluding hydrogens is 320 g/mol. The van der Waals surface area contributed by atoms with Crippen molar-refractivity contribution in [3.63, 3.8) is 0 Å². The smallest absolute Gasteiger partial charge is 0.320 e. The molecule has 0 bridgehead atoms. The van der Waals surface area contributed by atoms with Gasteiger partial charge in [-0.3, -0.25) is 9.28 Å². The summed E-state index contributed by atoms with van der Waals surface area (Å²) in [6.07, 6.45) is 0.149. The van der Waals surface area contributed by atoms with Gasteiger partial charge in [0.1, 0.15) is 23.2 Å². The van der Waals surface area contributed by atoms with E-state index in [4.69, 9.17) is 10.8 Å². The van der Waals surface area contributed by atoms with Crippen molar-refractivity contribution in [3.05, 3.63) is 48.0 Å². The largest absolute Gasteiger partial charge is 0.506 e. The van der Waals surface area contributed by atoms with E-state index in [-0.39, 0.29) is 17.9 Å². The van der Waals surface area contributed by atoms with E-state index in [0.29, 0.717) is 15.7 Å². The molecule has 0 spiro atoms. The van der Waals surface area contributed by atoms with Crippen LogP contribution in [-0.4, -0.2) is 43.4 Å². The number of azo groups is 1. The molecule has 2 aromatic rings. The van der Waals surface area contributed by atoms with Gasteiger partial charge in [-0.1, -0.05) is 6.07 Å². The van der Waals surface area contributed by atoms with Gasteiger partial charge >= 0.3 is 5.97 Å². The number of carboxylic acids is 1. The number of carbonyl (C=O) groups is 1. The zero-order valence-electron chi connectivity index (χ0n) is 14.5. The van der Waals surface area contributed by atoms with Crippen molar-refractivity contribution < 1.29 is 15.0 Å². The summed E-state index contributed by atoms with van der Waals surface area (Å²) in [5, 5.41) is 27.0. The highest BCUT2D eigenvalue weighted by Gasteiger charge is 2.13. The molecule has 1 atom stereocenters. The van der Waals surface area contributed by atoms with Crippen molar-refractivity contribution in [2.75, 3.05) is 21.1 Å². The fourth-order valence-corrected chi connectivity index (χ4v) is 2.20. The van der Waals surface area contributed by atoms with E-state index in [1.165, 1.54) is 6.07 Å². The number of phenolic OH excluding ortho intramolecular Hbond substituents is 1. The summed E-state index contributed by atoms with van der Waals surface area (Å²) < 4.78 is 0.699. The van der Waals surface area contributed by atoms with Crippen molar-refractivity contribution in [1.82, 2.24) is 4.48 Å². The second-order valence-corrected chi connectivity index (χ2v) is 6.70. The van der Waals surface area contributed by atoms with E-state index in [2.05, 4.69) is 31.4 Å². The molecule has 0 aliphatic heterocycles. The number of phenols is 1. The number of hydrogen-bond acceptors (Lipinski definition) is 5. The summed E-state index contributed by atoms with van der Waals surface area (Å²) in [6.45, 7) is 0. The number of nitrogens with zero attached hydrogens (tertiary/aromatic N) is 3. The Bertz CT molecular complexity index is 780. The molecule has 0 saturated heterocycles. The molecular formula is C18H23N4O3+. The third-order valence-corrected chi connectivity index (χ3v) is 3.71. The predicted octanol–water partition coefficient (Wildman–Crippen LogP) is 2.96. The average Bonchev–Trinajstić information content (AvgIpc) is 2.54. The highest BCUT2D eigenvalue weighted by atomic mass is 16.4. The molecule has 7 heteroatoms. The predicted molar refractivity (Wildman–Crippen MR) is 97.6 cm³/mol. The van der Waals surface area contributed by atoms with Crippen molar-refractivity contribution in [2.24, 2.45) is 16.0 Å². The first kappa shape index (κ1) is 18.6. The highest BCUT2D eigenvalue weighted by molar-refractivity contribution is 5.73. The van der Waals surface area contributed by atoms with Crippen LogP contribution in [0.25, 0.3) is 0 Å². The average molecular weight is 343 g/mol. The van der Waals surface area contributed by atoms with Gasteiger partial charge in [0.05, 0.1) is 26.8 Å². The summed E-state index contributed by atoms with van der Waals surface area (Å²) in [5.41, 5.74) is 8.26. The van der Waals surface area contributed by atoms with Gasteiger partial charge in [0.25, 0.3) is 0 Å². The molecule has 0 fully saturated rings. The lowest BCUT2D eigenvalue weighted by Crippen LogP contribution is -2.34. The maximum absolute atomic E-state index is 10.8. The van der Waals surface area contributed by atoms with Crippen LogP contribution in [0.5, 0.6) is 5.75 Å². The van der Waals surface area contributed by atoms with E-state index < -0.39 is 12.0 Å². The summed E-state index contributed by atoms with van der Waals surface area (Å²) in [7, 11) is 6.21. The van der Waals surface area contributed by atoms with Gasteiger partial charge in [-0.25, -0.2) is 0 Å². The lowest BCUT2D eigenvalue weighted by Gasteiger charge is -2.23. The quantitative estimate of drug-likeness (QED) is 0.553. The van der Waals surface area contributed by atoms with E-state index in [1.807, 2.05) is 24.3 Å². The zero-order valence-corrected chi connectivity index (χ0v) is 14.5. The van der Waals surface area contributed by atoms with Gasteiger partial charge in [0.15, 0.2) is 0 Å². The number of hydrogen-bond donors (Lipinski definition) is 3. The molecule has 2 rings (SSSR count). The minimum Gasteiger partial charge on any atom is -0.506 e. The molecule has 0 heterocycles. The van der Waals surface area contributed by atoms with E-state index in [0.717, 1.165) is 5.69 Å². The van der Waals surface area contributed by atoms with E-state index in [1.54, 1.807) is 12.1 Å². The molecule has 4 N–H and O–H groups in total. The van der Waals surface area contributed by atoms with E-state index in [9.17, 15) is 9.90 Å². The lowest BCUT2D eigenvalue weighted by atomic mass is 10.1. The van der Waals surface area contributed by atoms with Crippen LogP contribution in [0.3, 0.4) is 0 Å². The number of benzene rings is 2. The molecule has 132 valence electrons. The van der Waals surface area contributed by atoms with Gasteiger partial charge in [0, 0.05) is 12.1 Å². The molecule has 0 saturated carbocycles. The van der Waals surface area contributed by atoms with Crippen LogP contribution >= 0.6 is 0 Å². The van der Waals surface area contributed by atoms with Crippen molar-refractivity contribution in [2.45, 2.75) is 12.5 Å². The van der Waals surface area contributed by atoms with Crippen LogP contribution in [0, 0.1) is 0 Å². The van der Waals surface area contributed by atoms with Crippen molar-refractivity contribution >= 4 is 23.0 Å². The monoisotopic (exact) mass is 343 g/mol. The fourth-order valence-electron chi connectivity index (χ4n) is 2.20. The molecule has 0 aliphatic carbocycles. The molecule has 2 aromatic carbocycles. The third-order valence-electron chi connectivity index (χ3n) is 3.71. The highest BCUT2D eigenvalue weighted by Crippen LogP contribution is 2.30. The number of quaternary nitrogens is 1. The van der Waals surface area contributed by atoms with Crippen LogP contribution in [0.4, 0.5) is 17.1 Å². The summed E-state index contributed by atoms with van der Waals surface area (Å²) in [4.78, 5) is 10.8. The van der Waals surface area contributed by atoms with Gasteiger partial charge in [0.2, 0.25) is 0 Å². The fraction of sp³-hybridized carbons (Fsp3) is 0.278. The Morgan fingerprint density at radius 1 is 1.12 bits per heavy atom. The minimum atomic E-state index is -1.08. The van der Waals surface area contributed by atoms with Crippen molar-refractivity contribution in [3.8, 4) is 5.75 Å². The SMILES string of the molecule is C[N+](C)(C)c1ccc(N=Nc2cc(C[C@H](N)C(=O)O)ccc2O)cc1. The first-order valence-corrected chi connectivity index (χ1v) is 7.81. The van der Waals surface area contributed by atoms with Crippen LogP contribution < -0.4 is 10.2 Å². The standard InChI is InChI=1S/C18H22N4O3/c1-22(2,3)14-7-5-13(6-8-14)20-21-16-11-12(4-9-17(16)23)10-15(19)18(24)25/h4-9,11,15H,10,19H2,1-3H3,(H-,20,23,24,25)/p+1/t15-/m0/s1. The summed E-state index contributed by atoms with van der Waals surface area (Å²) in [6, 6.07) is 11.3. The Labute approximate surface area is 146 Å². The number of aromatic hydroxyl groups is 1. The maximum Gasteiger partial charge on any atom is 0.320 e. The van der Waals surface area contributed by atoms with E-state index >= 15 is 0 Å². The second kappa shape index (κ2) is 7.42. The zero-order chi connectivity index (χ0) is 18.6. The Balaban J connectivity index is 2.18. The third kappa shape index (κ3) is 5.10. The van der Waals surface area contributed by atoms with Gasteiger partial charge in [-0.05, 0) is 36.2 Å². The van der Waals surface area contributed by atoms with Crippen molar-refractivity contribution in [1.29, 1.82) is 0 Å². The molecule has 0 radical (unpaired) electrons. The molecule has 0 unspecified atom stereocenters. The normalized spacial score (nSPS) is 13.1. The van der Waals surface area contributed by atoms with Gasteiger partial charge in [-0.15, -0.1) is 5.11 Å². The lowest BCUT2D eigenvalue weighted by molar-refractivity contribution is -0.138. The molecule has 7 nitrogen and oxygen atoms in total. The number of carboxylic acid groups (broad SMARTS) is 1. The number of nitrogens with two attached hydrogens (primary N) is 1. The Morgan fingerprint density at radius 3 is 2.32 bits per heavy atom. The molecule has 0 aromatic heterocycles. The maximum atomic E-state index is 10.8. The molecule has 25 heavy (non-hydrogen) atoms. The Hall–Kier alpha value is -2.77. The Morgan fingerprint density at radius 2 is 1.76 bits per heavy atom. The first-order chi connectivity index (χ1) is 11.7. The van der Waals surface area contributed by atoms with Crippen LogP contribution in [-0.2, 0) is 11.2 Å². The molecule has 0 amide bonds. The number of rotatable bonds is 6. The Kier molecular flexibility index (Phi) is 5.51. The number of aliphatic carboxylic acids is 1. The summed E-state index contributed by atoms with van der Waals surface area (Å²) >= 11 is 0. The van der Waals surface area contributed by atoms with Gasteiger partial charge < -0.3 is 15.9 Å². The second-order valence-electron chi connectivity index (χ2n) is 6.70. The topological polar surface area (TPSA) is 108 Å². The van der Waals surface area contributed by atoms with Gasteiger partial charge in [-0.2, -0.15) is 5.11 Å². The van der Waals surface area contributed by atoms with Crippen LogP contribution in [0.1, 0.15) is 5.56 Å². The van der Waals surface area contributed by atoms with Crippen LogP contribution in [0.15, 0.2) is 52.7 Å². The molecule has 0 aliphatic rings. The minimum absolute atomic E-state index is 0.0284. The van der Waals surface area contributed by atoms with Crippen LogP contribution in [0.2, 0.25) is 0 Å². The summed E-state index contributed by atoms with van der Waals surface area (Å²) in [5.74, 6) is -1.10. The first-order valence-electron chi connectivity index (χ1n) is 7.81.